The molecule has 1 unspecified atom stereocenters. The molecule has 2 aromatic rings. The van der Waals surface area contributed by atoms with Crippen molar-refractivity contribution in [2.45, 2.75) is 45.1 Å². The molecule has 0 saturated carbocycles. The molecule has 3 rings (SSSR count). The molecule has 0 bridgehead atoms. The zero-order valence-corrected chi connectivity index (χ0v) is 13.3. The van der Waals surface area contributed by atoms with Crippen molar-refractivity contribution in [3.05, 3.63) is 52.3 Å². The first-order chi connectivity index (χ1) is 10.2. The highest BCUT2D eigenvalue weighted by molar-refractivity contribution is 5.37. The van der Waals surface area contributed by atoms with E-state index >= 15 is 0 Å². The van der Waals surface area contributed by atoms with Crippen LogP contribution in [0.3, 0.4) is 0 Å². The van der Waals surface area contributed by atoms with Gasteiger partial charge in [-0.1, -0.05) is 25.1 Å². The van der Waals surface area contributed by atoms with E-state index in [1.54, 1.807) is 11.1 Å². The lowest BCUT2D eigenvalue weighted by atomic mass is 9.98. The third-order valence-electron chi connectivity index (χ3n) is 4.68. The Morgan fingerprint density at radius 2 is 2.05 bits per heavy atom. The molecule has 1 aliphatic carbocycles. The van der Waals surface area contributed by atoms with E-state index in [1.165, 1.54) is 36.2 Å². The summed E-state index contributed by atoms with van der Waals surface area (Å²) in [6.45, 7) is 2.15. The minimum absolute atomic E-state index is 0.357. The molecule has 3 heteroatoms. The molecule has 1 aromatic heterocycles. The molecule has 0 saturated heterocycles. The summed E-state index contributed by atoms with van der Waals surface area (Å²) in [6.07, 6.45) is 5.78. The maximum Gasteiger partial charge on any atom is 0.0624 e. The number of hydrogen-bond donors (Lipinski definition) is 1. The van der Waals surface area contributed by atoms with Gasteiger partial charge in [0.1, 0.15) is 0 Å². The lowest BCUT2D eigenvalue weighted by Crippen LogP contribution is -2.20. The van der Waals surface area contributed by atoms with Gasteiger partial charge in [-0.05, 0) is 55.5 Å². The van der Waals surface area contributed by atoms with Crippen LogP contribution in [0.1, 0.15) is 47.5 Å². The van der Waals surface area contributed by atoms with Crippen LogP contribution in [0.25, 0.3) is 0 Å². The Hall–Kier alpha value is -1.61. The van der Waals surface area contributed by atoms with Crippen molar-refractivity contribution in [2.24, 2.45) is 7.05 Å². The molecule has 0 amide bonds. The molecule has 0 radical (unpaired) electrons. The second kappa shape index (κ2) is 6.02. The van der Waals surface area contributed by atoms with Gasteiger partial charge in [-0.15, -0.1) is 0 Å². The van der Waals surface area contributed by atoms with E-state index in [2.05, 4.69) is 48.7 Å². The van der Waals surface area contributed by atoms with Crippen LogP contribution in [0, 0.1) is 0 Å². The summed E-state index contributed by atoms with van der Waals surface area (Å²) in [5, 5.41) is 8.03. The van der Waals surface area contributed by atoms with Crippen LogP contribution in [0.5, 0.6) is 0 Å². The van der Waals surface area contributed by atoms with Gasteiger partial charge in [0.05, 0.1) is 5.69 Å². The van der Waals surface area contributed by atoms with Gasteiger partial charge < -0.3 is 5.32 Å². The average Bonchev–Trinajstić information content (AvgIpc) is 3.10. The van der Waals surface area contributed by atoms with E-state index in [0.29, 0.717) is 6.04 Å². The molecule has 1 aromatic carbocycles. The second-order valence-corrected chi connectivity index (χ2v) is 6.03. The topological polar surface area (TPSA) is 29.9 Å². The van der Waals surface area contributed by atoms with E-state index in [-0.39, 0.29) is 0 Å². The fourth-order valence-electron chi connectivity index (χ4n) is 3.34. The fraction of sp³-hybridized carbons (Fsp3) is 0.500. The Bertz CT molecular complexity index is 627. The quantitative estimate of drug-likeness (QED) is 0.914. The van der Waals surface area contributed by atoms with Crippen LogP contribution in [0.2, 0.25) is 0 Å². The molecule has 21 heavy (non-hydrogen) atoms. The van der Waals surface area contributed by atoms with Crippen LogP contribution in [-0.2, 0) is 32.7 Å². The monoisotopic (exact) mass is 283 g/mol. The van der Waals surface area contributed by atoms with Crippen molar-refractivity contribution in [3.63, 3.8) is 0 Å². The van der Waals surface area contributed by atoms with Crippen molar-refractivity contribution in [1.82, 2.24) is 15.1 Å². The van der Waals surface area contributed by atoms with Gasteiger partial charge in [0, 0.05) is 25.2 Å². The number of nitrogens with one attached hydrogen (secondary N) is 1. The van der Waals surface area contributed by atoms with Gasteiger partial charge in [-0.3, -0.25) is 4.68 Å². The zero-order chi connectivity index (χ0) is 14.8. The lowest BCUT2D eigenvalue weighted by molar-refractivity contribution is 0.560. The molecule has 1 aliphatic rings. The molecular weight excluding hydrogens is 258 g/mol. The van der Waals surface area contributed by atoms with Crippen molar-refractivity contribution in [3.8, 4) is 0 Å². The van der Waals surface area contributed by atoms with Crippen LogP contribution >= 0.6 is 0 Å². The van der Waals surface area contributed by atoms with Gasteiger partial charge >= 0.3 is 0 Å². The Morgan fingerprint density at radius 1 is 1.24 bits per heavy atom. The minimum Gasteiger partial charge on any atom is -0.313 e. The summed E-state index contributed by atoms with van der Waals surface area (Å²) in [4.78, 5) is 0. The molecule has 0 fully saturated rings. The van der Waals surface area contributed by atoms with E-state index in [4.69, 9.17) is 0 Å². The summed E-state index contributed by atoms with van der Waals surface area (Å²) in [5.41, 5.74) is 6.97. The van der Waals surface area contributed by atoms with Gasteiger partial charge in [0.2, 0.25) is 0 Å². The fourth-order valence-corrected chi connectivity index (χ4v) is 3.34. The largest absolute Gasteiger partial charge is 0.313 e. The Morgan fingerprint density at radius 3 is 2.76 bits per heavy atom. The van der Waals surface area contributed by atoms with Crippen molar-refractivity contribution in [1.29, 1.82) is 0 Å². The minimum atomic E-state index is 0.357. The number of benzene rings is 1. The lowest BCUT2D eigenvalue weighted by Gasteiger charge is -2.18. The molecule has 3 nitrogen and oxygen atoms in total. The Labute approximate surface area is 127 Å². The molecule has 1 atom stereocenters. The molecular formula is C18H25N3. The van der Waals surface area contributed by atoms with Gasteiger partial charge in [0.15, 0.2) is 0 Å². The number of likely N-dealkylation sites (N-methyl/N-ethyl adjacent to an activating group) is 1. The Balaban J connectivity index is 1.83. The summed E-state index contributed by atoms with van der Waals surface area (Å²) in [6, 6.07) is 9.61. The third kappa shape index (κ3) is 2.88. The van der Waals surface area contributed by atoms with E-state index in [0.717, 1.165) is 12.8 Å². The summed E-state index contributed by atoms with van der Waals surface area (Å²) >= 11 is 0. The number of fused-ring (bicyclic) bond motifs is 1. The SMILES string of the molecule is CCc1cc(CC(NC)c2ccc3c(c2)CCC3)n(C)n1. The maximum atomic E-state index is 4.56. The van der Waals surface area contributed by atoms with E-state index < -0.39 is 0 Å². The predicted octanol–water partition coefficient (Wildman–Crippen LogP) is 2.97. The number of hydrogen-bond acceptors (Lipinski definition) is 2. The molecule has 112 valence electrons. The number of aromatic nitrogens is 2. The van der Waals surface area contributed by atoms with Crippen LogP contribution in [-0.4, -0.2) is 16.8 Å². The van der Waals surface area contributed by atoms with Gasteiger partial charge in [-0.2, -0.15) is 5.10 Å². The van der Waals surface area contributed by atoms with Gasteiger partial charge in [-0.25, -0.2) is 0 Å². The van der Waals surface area contributed by atoms with Crippen molar-refractivity contribution >= 4 is 0 Å². The first kappa shape index (κ1) is 14.3. The van der Waals surface area contributed by atoms with Crippen LogP contribution in [0.15, 0.2) is 24.3 Å². The van der Waals surface area contributed by atoms with E-state index in [1.807, 2.05) is 11.7 Å². The summed E-state index contributed by atoms with van der Waals surface area (Å²) in [5.74, 6) is 0. The number of aryl methyl sites for hydroxylation is 4. The van der Waals surface area contributed by atoms with Crippen molar-refractivity contribution in [2.75, 3.05) is 7.05 Å². The Kier molecular flexibility index (Phi) is 4.11. The molecule has 0 spiro atoms. The van der Waals surface area contributed by atoms with Gasteiger partial charge in [0.25, 0.3) is 0 Å². The highest BCUT2D eigenvalue weighted by Crippen LogP contribution is 2.27. The van der Waals surface area contributed by atoms with Crippen LogP contribution in [0.4, 0.5) is 0 Å². The zero-order valence-electron chi connectivity index (χ0n) is 13.3. The van der Waals surface area contributed by atoms with Crippen LogP contribution < -0.4 is 5.32 Å². The molecule has 1 heterocycles. The first-order valence-corrected chi connectivity index (χ1v) is 8.02. The second-order valence-electron chi connectivity index (χ2n) is 6.03. The summed E-state index contributed by atoms with van der Waals surface area (Å²) < 4.78 is 2.02. The normalized spacial score (nSPS) is 15.2. The predicted molar refractivity (Wildman–Crippen MR) is 86.6 cm³/mol. The summed E-state index contributed by atoms with van der Waals surface area (Å²) in [7, 11) is 4.10. The standard InChI is InChI=1S/C18H25N3/c1-4-16-11-17(21(3)20-16)12-18(19-2)15-9-8-13-6-5-7-14(13)10-15/h8-11,18-19H,4-7,12H2,1-3H3. The number of rotatable bonds is 5. The smallest absolute Gasteiger partial charge is 0.0624 e. The maximum absolute atomic E-state index is 4.56. The number of nitrogens with zero attached hydrogens (tertiary/aromatic N) is 2. The highest BCUT2D eigenvalue weighted by atomic mass is 15.3. The van der Waals surface area contributed by atoms with Crippen molar-refractivity contribution < 1.29 is 0 Å². The molecule has 0 aliphatic heterocycles. The average molecular weight is 283 g/mol. The first-order valence-electron chi connectivity index (χ1n) is 8.02. The highest BCUT2D eigenvalue weighted by Gasteiger charge is 2.17. The van der Waals surface area contributed by atoms with E-state index in [9.17, 15) is 0 Å². The third-order valence-corrected chi connectivity index (χ3v) is 4.68. The molecule has 1 N–H and O–H groups in total.